The van der Waals surface area contributed by atoms with E-state index in [1.807, 2.05) is 18.8 Å². The molecule has 0 aliphatic heterocycles. The standard InChI is InChI=1S/C12H18ClNS/c1-8(2)15-10-5-6-11(9(3)14-4)12(13)7-10/h5-9,14H,1-4H3. The van der Waals surface area contributed by atoms with Crippen LogP contribution in [0.25, 0.3) is 0 Å². The second kappa shape index (κ2) is 5.78. The summed E-state index contributed by atoms with van der Waals surface area (Å²) in [6, 6.07) is 6.60. The van der Waals surface area contributed by atoms with Crippen molar-refractivity contribution >= 4 is 23.4 Å². The van der Waals surface area contributed by atoms with Crippen LogP contribution >= 0.6 is 23.4 Å². The molecule has 3 heteroatoms. The maximum absolute atomic E-state index is 6.23. The molecular weight excluding hydrogens is 226 g/mol. The van der Waals surface area contributed by atoms with Crippen molar-refractivity contribution in [2.24, 2.45) is 0 Å². The zero-order valence-electron chi connectivity index (χ0n) is 9.67. The van der Waals surface area contributed by atoms with Gasteiger partial charge in [-0.25, -0.2) is 0 Å². The monoisotopic (exact) mass is 243 g/mol. The molecule has 0 bridgehead atoms. The number of nitrogens with one attached hydrogen (secondary N) is 1. The summed E-state index contributed by atoms with van der Waals surface area (Å²) in [6.07, 6.45) is 0. The summed E-state index contributed by atoms with van der Waals surface area (Å²) in [4.78, 5) is 1.24. The van der Waals surface area contributed by atoms with Gasteiger partial charge in [0, 0.05) is 21.2 Å². The molecule has 0 fully saturated rings. The van der Waals surface area contributed by atoms with Gasteiger partial charge < -0.3 is 5.32 Å². The lowest BCUT2D eigenvalue weighted by molar-refractivity contribution is 0.652. The Morgan fingerprint density at radius 1 is 1.27 bits per heavy atom. The second-order valence-electron chi connectivity index (χ2n) is 3.86. The molecule has 0 spiro atoms. The molecule has 0 aliphatic rings. The molecule has 0 amide bonds. The van der Waals surface area contributed by atoms with Crippen molar-refractivity contribution in [3.8, 4) is 0 Å². The smallest absolute Gasteiger partial charge is 0.0464 e. The van der Waals surface area contributed by atoms with E-state index in [1.54, 1.807) is 0 Å². The van der Waals surface area contributed by atoms with Gasteiger partial charge in [-0.05, 0) is 31.7 Å². The number of halogens is 1. The van der Waals surface area contributed by atoms with E-state index in [2.05, 4.69) is 44.3 Å². The first-order chi connectivity index (χ1) is 7.04. The van der Waals surface area contributed by atoms with E-state index in [1.165, 1.54) is 4.90 Å². The molecule has 1 N–H and O–H groups in total. The van der Waals surface area contributed by atoms with Crippen molar-refractivity contribution < 1.29 is 0 Å². The largest absolute Gasteiger partial charge is 0.313 e. The van der Waals surface area contributed by atoms with Crippen LogP contribution in [0.1, 0.15) is 32.4 Å². The lowest BCUT2D eigenvalue weighted by Gasteiger charge is -2.14. The van der Waals surface area contributed by atoms with Crippen LogP contribution in [0.4, 0.5) is 0 Å². The van der Waals surface area contributed by atoms with Gasteiger partial charge in [-0.15, -0.1) is 11.8 Å². The summed E-state index contributed by atoms with van der Waals surface area (Å²) in [6.45, 7) is 6.47. The predicted octanol–water partition coefficient (Wildman–Crippen LogP) is 4.12. The van der Waals surface area contributed by atoms with E-state index in [0.717, 1.165) is 10.6 Å². The Labute approximate surface area is 102 Å². The highest BCUT2D eigenvalue weighted by molar-refractivity contribution is 7.99. The molecule has 1 aromatic carbocycles. The van der Waals surface area contributed by atoms with Gasteiger partial charge in [0.15, 0.2) is 0 Å². The van der Waals surface area contributed by atoms with Crippen molar-refractivity contribution in [3.63, 3.8) is 0 Å². The lowest BCUT2D eigenvalue weighted by Crippen LogP contribution is -2.12. The van der Waals surface area contributed by atoms with Crippen LogP contribution in [0.3, 0.4) is 0 Å². The third-order valence-electron chi connectivity index (χ3n) is 2.24. The molecule has 1 aromatic rings. The Morgan fingerprint density at radius 2 is 1.93 bits per heavy atom. The number of thioether (sulfide) groups is 1. The van der Waals surface area contributed by atoms with E-state index < -0.39 is 0 Å². The van der Waals surface area contributed by atoms with E-state index in [0.29, 0.717) is 11.3 Å². The van der Waals surface area contributed by atoms with Crippen LogP contribution < -0.4 is 5.32 Å². The van der Waals surface area contributed by atoms with E-state index >= 15 is 0 Å². The molecule has 1 rings (SSSR count). The second-order valence-corrected chi connectivity index (χ2v) is 5.92. The first-order valence-electron chi connectivity index (χ1n) is 5.18. The quantitative estimate of drug-likeness (QED) is 0.799. The molecular formula is C12H18ClNS. The number of hydrogen-bond donors (Lipinski definition) is 1. The number of hydrogen-bond acceptors (Lipinski definition) is 2. The Hall–Kier alpha value is -0.180. The maximum atomic E-state index is 6.23. The SMILES string of the molecule is CNC(C)c1ccc(SC(C)C)cc1Cl. The fourth-order valence-corrected chi connectivity index (χ4v) is 2.65. The van der Waals surface area contributed by atoms with Crippen molar-refractivity contribution in [1.82, 2.24) is 5.32 Å². The Morgan fingerprint density at radius 3 is 2.40 bits per heavy atom. The molecule has 0 aliphatic carbocycles. The molecule has 0 aromatic heterocycles. The highest BCUT2D eigenvalue weighted by Crippen LogP contribution is 2.30. The highest BCUT2D eigenvalue weighted by atomic mass is 35.5. The first kappa shape index (κ1) is 12.9. The molecule has 1 nitrogen and oxygen atoms in total. The molecule has 1 atom stereocenters. The Kier molecular flexibility index (Phi) is 4.97. The van der Waals surface area contributed by atoms with Crippen LogP contribution in [0, 0.1) is 0 Å². The fraction of sp³-hybridized carbons (Fsp3) is 0.500. The highest BCUT2D eigenvalue weighted by Gasteiger charge is 2.08. The molecule has 84 valence electrons. The van der Waals surface area contributed by atoms with Crippen molar-refractivity contribution in [1.29, 1.82) is 0 Å². The van der Waals surface area contributed by atoms with Gasteiger partial charge >= 0.3 is 0 Å². The van der Waals surface area contributed by atoms with Gasteiger partial charge in [0.1, 0.15) is 0 Å². The van der Waals surface area contributed by atoms with Gasteiger partial charge in [0.2, 0.25) is 0 Å². The number of benzene rings is 1. The van der Waals surface area contributed by atoms with Gasteiger partial charge in [-0.2, -0.15) is 0 Å². The van der Waals surface area contributed by atoms with Crippen LogP contribution in [0.5, 0.6) is 0 Å². The summed E-state index contributed by atoms with van der Waals surface area (Å²) in [7, 11) is 1.94. The summed E-state index contributed by atoms with van der Waals surface area (Å²) in [5, 5.41) is 4.63. The molecule has 0 heterocycles. The Bertz CT molecular complexity index is 325. The fourth-order valence-electron chi connectivity index (χ4n) is 1.36. The summed E-state index contributed by atoms with van der Waals surface area (Å²) < 4.78 is 0. The minimum atomic E-state index is 0.301. The first-order valence-corrected chi connectivity index (χ1v) is 6.43. The van der Waals surface area contributed by atoms with Crippen molar-refractivity contribution in [2.45, 2.75) is 37.0 Å². The minimum absolute atomic E-state index is 0.301. The van der Waals surface area contributed by atoms with Crippen LogP contribution in [-0.2, 0) is 0 Å². The molecule has 0 saturated heterocycles. The summed E-state index contributed by atoms with van der Waals surface area (Å²) in [5.41, 5.74) is 1.16. The zero-order valence-corrected chi connectivity index (χ0v) is 11.2. The third kappa shape index (κ3) is 3.71. The molecule has 0 saturated carbocycles. The van der Waals surface area contributed by atoms with Gasteiger partial charge in [0.25, 0.3) is 0 Å². The molecule has 1 unspecified atom stereocenters. The Balaban J connectivity index is 2.88. The van der Waals surface area contributed by atoms with Crippen LogP contribution in [-0.4, -0.2) is 12.3 Å². The third-order valence-corrected chi connectivity index (χ3v) is 3.57. The van der Waals surface area contributed by atoms with Crippen LogP contribution in [0.15, 0.2) is 23.1 Å². The average molecular weight is 244 g/mol. The average Bonchev–Trinajstić information content (AvgIpc) is 2.16. The van der Waals surface area contributed by atoms with E-state index in [9.17, 15) is 0 Å². The summed E-state index contributed by atoms with van der Waals surface area (Å²) in [5.74, 6) is 0. The van der Waals surface area contributed by atoms with E-state index in [-0.39, 0.29) is 0 Å². The topological polar surface area (TPSA) is 12.0 Å². The molecule has 15 heavy (non-hydrogen) atoms. The maximum Gasteiger partial charge on any atom is 0.0464 e. The van der Waals surface area contributed by atoms with Gasteiger partial charge in [-0.3, -0.25) is 0 Å². The summed E-state index contributed by atoms with van der Waals surface area (Å²) >= 11 is 8.07. The minimum Gasteiger partial charge on any atom is -0.313 e. The lowest BCUT2D eigenvalue weighted by atomic mass is 10.1. The van der Waals surface area contributed by atoms with Gasteiger partial charge in [0.05, 0.1) is 0 Å². The van der Waals surface area contributed by atoms with Gasteiger partial charge in [-0.1, -0.05) is 31.5 Å². The molecule has 0 radical (unpaired) electrons. The van der Waals surface area contributed by atoms with E-state index in [4.69, 9.17) is 11.6 Å². The predicted molar refractivity (Wildman–Crippen MR) is 69.9 cm³/mol. The van der Waals surface area contributed by atoms with Crippen LogP contribution in [0.2, 0.25) is 5.02 Å². The zero-order chi connectivity index (χ0) is 11.4. The van der Waals surface area contributed by atoms with Crippen molar-refractivity contribution in [2.75, 3.05) is 7.05 Å². The van der Waals surface area contributed by atoms with Crippen molar-refractivity contribution in [3.05, 3.63) is 28.8 Å². The normalized spacial score (nSPS) is 13.2. The number of rotatable bonds is 4.